The molecule has 9 heteroatoms. The number of hydrogen-bond donors (Lipinski definition) is 1. The van der Waals surface area contributed by atoms with Crippen molar-refractivity contribution in [2.45, 2.75) is 43.4 Å². The van der Waals surface area contributed by atoms with Crippen molar-refractivity contribution >= 4 is 27.5 Å². The summed E-state index contributed by atoms with van der Waals surface area (Å²) in [6.45, 7) is 1.98. The molecule has 2 aromatic rings. The first-order chi connectivity index (χ1) is 16.3. The van der Waals surface area contributed by atoms with Crippen LogP contribution in [0, 0.1) is 11.7 Å². The summed E-state index contributed by atoms with van der Waals surface area (Å²) in [6.07, 6.45) is 4.91. The van der Waals surface area contributed by atoms with Crippen LogP contribution in [0.25, 0.3) is 0 Å². The highest BCUT2D eigenvalue weighted by Crippen LogP contribution is 2.24. The molecular formula is C25H30FN3O4S. The quantitative estimate of drug-likeness (QED) is 0.694. The number of piperidine rings is 1. The minimum absolute atomic E-state index is 0.142. The van der Waals surface area contributed by atoms with E-state index in [0.717, 1.165) is 25.7 Å². The van der Waals surface area contributed by atoms with E-state index in [1.807, 2.05) is 0 Å². The van der Waals surface area contributed by atoms with Crippen molar-refractivity contribution in [3.05, 3.63) is 59.9 Å². The van der Waals surface area contributed by atoms with Gasteiger partial charge in [-0.05, 0) is 74.2 Å². The largest absolute Gasteiger partial charge is 0.339 e. The maximum Gasteiger partial charge on any atom is 0.253 e. The number of hydrogen-bond acceptors (Lipinski definition) is 4. The first kappa shape index (κ1) is 24.3. The van der Waals surface area contributed by atoms with Crippen molar-refractivity contribution in [1.29, 1.82) is 0 Å². The molecule has 1 N–H and O–H groups in total. The van der Waals surface area contributed by atoms with Gasteiger partial charge in [0.15, 0.2) is 0 Å². The van der Waals surface area contributed by atoms with Crippen LogP contribution in [0.15, 0.2) is 53.4 Å². The lowest BCUT2D eigenvalue weighted by Crippen LogP contribution is -2.41. The molecule has 2 amide bonds. The SMILES string of the molecule is O=C(Nc1ccc(S(=O)(=O)N2CCCCCC2)cc1)C1CCN(C(=O)c2ccc(F)cc2)CC1. The predicted molar refractivity (Wildman–Crippen MR) is 127 cm³/mol. The van der Waals surface area contributed by atoms with Gasteiger partial charge in [-0.3, -0.25) is 9.59 Å². The fraction of sp³-hybridized carbons (Fsp3) is 0.440. The Hall–Kier alpha value is -2.78. The van der Waals surface area contributed by atoms with Gasteiger partial charge in [-0.15, -0.1) is 0 Å². The summed E-state index contributed by atoms with van der Waals surface area (Å²) in [5.41, 5.74) is 0.976. The molecule has 0 atom stereocenters. The zero-order valence-electron chi connectivity index (χ0n) is 19.1. The van der Waals surface area contributed by atoms with Crippen molar-refractivity contribution in [1.82, 2.24) is 9.21 Å². The standard InChI is InChI=1S/C25H30FN3O4S/c26-21-7-5-20(6-8-21)25(31)28-17-13-19(14-18-28)24(30)27-22-9-11-23(12-10-22)34(32,33)29-15-3-1-2-4-16-29/h5-12,19H,1-4,13-18H2,(H,27,30). The molecular weight excluding hydrogens is 457 g/mol. The third-order valence-corrected chi connectivity index (χ3v) is 8.48. The minimum Gasteiger partial charge on any atom is -0.339 e. The summed E-state index contributed by atoms with van der Waals surface area (Å²) in [7, 11) is -3.53. The second kappa shape index (κ2) is 10.7. The van der Waals surface area contributed by atoms with Gasteiger partial charge in [-0.2, -0.15) is 4.31 Å². The molecule has 182 valence electrons. The minimum atomic E-state index is -3.53. The normalized spacial score (nSPS) is 18.3. The highest BCUT2D eigenvalue weighted by atomic mass is 32.2. The van der Waals surface area contributed by atoms with Gasteiger partial charge in [0.2, 0.25) is 15.9 Å². The first-order valence-corrected chi connectivity index (χ1v) is 13.2. The van der Waals surface area contributed by atoms with Crippen LogP contribution in [-0.4, -0.2) is 55.6 Å². The summed E-state index contributed by atoms with van der Waals surface area (Å²) in [6, 6.07) is 11.8. The summed E-state index contributed by atoms with van der Waals surface area (Å²) < 4.78 is 40.5. The number of carbonyl (C=O) groups excluding carboxylic acids is 2. The van der Waals surface area contributed by atoms with Gasteiger partial charge in [0.25, 0.3) is 5.91 Å². The molecule has 2 aromatic carbocycles. The Morgan fingerprint density at radius 1 is 0.824 bits per heavy atom. The Bertz CT molecular complexity index is 1100. The Labute approximate surface area is 200 Å². The van der Waals surface area contributed by atoms with E-state index in [-0.39, 0.29) is 28.4 Å². The fourth-order valence-electron chi connectivity index (χ4n) is 4.51. The molecule has 2 aliphatic heterocycles. The molecule has 34 heavy (non-hydrogen) atoms. The maximum absolute atomic E-state index is 13.1. The lowest BCUT2D eigenvalue weighted by molar-refractivity contribution is -0.121. The molecule has 2 saturated heterocycles. The molecule has 2 fully saturated rings. The smallest absolute Gasteiger partial charge is 0.253 e. The van der Waals surface area contributed by atoms with Crippen LogP contribution in [0.2, 0.25) is 0 Å². The predicted octanol–water partition coefficient (Wildman–Crippen LogP) is 3.88. The number of sulfonamides is 1. The van der Waals surface area contributed by atoms with E-state index in [2.05, 4.69) is 5.32 Å². The van der Waals surface area contributed by atoms with Crippen LogP contribution in [0.4, 0.5) is 10.1 Å². The van der Waals surface area contributed by atoms with Gasteiger partial charge in [-0.1, -0.05) is 12.8 Å². The lowest BCUT2D eigenvalue weighted by Gasteiger charge is -2.31. The summed E-state index contributed by atoms with van der Waals surface area (Å²) in [5.74, 6) is -0.936. The molecule has 0 unspecified atom stereocenters. The number of benzene rings is 2. The third kappa shape index (κ3) is 5.64. The number of anilines is 1. The first-order valence-electron chi connectivity index (χ1n) is 11.8. The van der Waals surface area contributed by atoms with E-state index in [1.165, 1.54) is 24.3 Å². The number of nitrogens with zero attached hydrogens (tertiary/aromatic N) is 2. The van der Waals surface area contributed by atoms with Crippen LogP contribution < -0.4 is 5.32 Å². The Kier molecular flexibility index (Phi) is 7.63. The topological polar surface area (TPSA) is 86.8 Å². The van der Waals surface area contributed by atoms with Crippen molar-refractivity contribution < 1.29 is 22.4 Å². The van der Waals surface area contributed by atoms with E-state index in [4.69, 9.17) is 0 Å². The lowest BCUT2D eigenvalue weighted by atomic mass is 9.95. The van der Waals surface area contributed by atoms with Crippen molar-refractivity contribution in [3.8, 4) is 0 Å². The number of halogens is 1. The van der Waals surface area contributed by atoms with E-state index in [0.29, 0.717) is 50.3 Å². The molecule has 7 nitrogen and oxygen atoms in total. The van der Waals surface area contributed by atoms with Crippen molar-refractivity contribution in [3.63, 3.8) is 0 Å². The molecule has 0 spiro atoms. The van der Waals surface area contributed by atoms with Crippen LogP contribution in [0.3, 0.4) is 0 Å². The number of amides is 2. The van der Waals surface area contributed by atoms with Gasteiger partial charge >= 0.3 is 0 Å². The van der Waals surface area contributed by atoms with E-state index < -0.39 is 10.0 Å². The molecule has 2 aliphatic rings. The number of carbonyl (C=O) groups is 2. The van der Waals surface area contributed by atoms with Gasteiger partial charge in [-0.25, -0.2) is 12.8 Å². The summed E-state index contributed by atoms with van der Waals surface area (Å²) in [5, 5.41) is 2.87. The average molecular weight is 488 g/mol. The van der Waals surface area contributed by atoms with Crippen molar-refractivity contribution in [2.24, 2.45) is 5.92 Å². The van der Waals surface area contributed by atoms with Gasteiger partial charge in [0, 0.05) is 43.3 Å². The number of nitrogens with one attached hydrogen (secondary N) is 1. The van der Waals surface area contributed by atoms with Crippen LogP contribution in [0.1, 0.15) is 48.9 Å². The van der Waals surface area contributed by atoms with Crippen molar-refractivity contribution in [2.75, 3.05) is 31.5 Å². The highest BCUT2D eigenvalue weighted by Gasteiger charge is 2.28. The Morgan fingerprint density at radius 2 is 1.41 bits per heavy atom. The zero-order valence-corrected chi connectivity index (χ0v) is 19.9. The van der Waals surface area contributed by atoms with E-state index >= 15 is 0 Å². The summed E-state index contributed by atoms with van der Waals surface area (Å²) >= 11 is 0. The molecule has 0 aromatic heterocycles. The highest BCUT2D eigenvalue weighted by molar-refractivity contribution is 7.89. The second-order valence-corrected chi connectivity index (χ2v) is 10.8. The number of likely N-dealkylation sites (tertiary alicyclic amines) is 1. The Balaban J connectivity index is 1.31. The molecule has 0 aliphatic carbocycles. The zero-order chi connectivity index (χ0) is 24.1. The Morgan fingerprint density at radius 3 is 2.00 bits per heavy atom. The summed E-state index contributed by atoms with van der Waals surface area (Å²) in [4.78, 5) is 27.2. The van der Waals surface area contributed by atoms with Crippen LogP contribution in [-0.2, 0) is 14.8 Å². The van der Waals surface area contributed by atoms with E-state index in [1.54, 1.807) is 33.5 Å². The van der Waals surface area contributed by atoms with Crippen LogP contribution >= 0.6 is 0 Å². The maximum atomic E-state index is 13.1. The molecule has 0 bridgehead atoms. The molecule has 4 rings (SSSR count). The van der Waals surface area contributed by atoms with Gasteiger partial charge in [0.1, 0.15) is 5.82 Å². The number of rotatable bonds is 5. The van der Waals surface area contributed by atoms with E-state index in [9.17, 15) is 22.4 Å². The molecule has 0 radical (unpaired) electrons. The monoisotopic (exact) mass is 487 g/mol. The third-order valence-electron chi connectivity index (χ3n) is 6.57. The second-order valence-electron chi connectivity index (χ2n) is 8.91. The van der Waals surface area contributed by atoms with Gasteiger partial charge < -0.3 is 10.2 Å². The molecule has 2 heterocycles. The average Bonchev–Trinajstić information content (AvgIpc) is 3.15. The van der Waals surface area contributed by atoms with Gasteiger partial charge in [0.05, 0.1) is 4.90 Å². The van der Waals surface area contributed by atoms with Crippen LogP contribution in [0.5, 0.6) is 0 Å². The fourth-order valence-corrected chi connectivity index (χ4v) is 6.02. The molecule has 0 saturated carbocycles.